The van der Waals surface area contributed by atoms with Crippen molar-refractivity contribution in [3.8, 4) is 11.6 Å². The molecule has 0 unspecified atom stereocenters. The molecule has 3 aromatic rings. The lowest BCUT2D eigenvalue weighted by Gasteiger charge is -2.10. The van der Waals surface area contributed by atoms with E-state index in [4.69, 9.17) is 14.5 Å². The van der Waals surface area contributed by atoms with Crippen molar-refractivity contribution in [2.75, 3.05) is 13.2 Å². The predicted molar refractivity (Wildman–Crippen MR) is 128 cm³/mol. The number of benzene rings is 2. The quantitative estimate of drug-likeness (QED) is 0.200. The van der Waals surface area contributed by atoms with Gasteiger partial charge in [-0.3, -0.25) is 0 Å². The van der Waals surface area contributed by atoms with Gasteiger partial charge in [0.2, 0.25) is 5.88 Å². The molecular formula is C27H37NO2. The van der Waals surface area contributed by atoms with Crippen molar-refractivity contribution in [3.63, 3.8) is 0 Å². The van der Waals surface area contributed by atoms with Crippen LogP contribution in [-0.4, -0.2) is 18.2 Å². The van der Waals surface area contributed by atoms with Gasteiger partial charge in [-0.05, 0) is 47.9 Å². The molecule has 0 aliphatic carbocycles. The van der Waals surface area contributed by atoms with E-state index in [0.717, 1.165) is 48.6 Å². The van der Waals surface area contributed by atoms with Crippen LogP contribution in [0.4, 0.5) is 0 Å². The summed E-state index contributed by atoms with van der Waals surface area (Å²) in [6.07, 6.45) is 12.5. The number of ether oxygens (including phenoxy) is 2. The Labute approximate surface area is 181 Å². The van der Waals surface area contributed by atoms with Crippen LogP contribution in [0.25, 0.3) is 21.7 Å². The molecule has 3 rings (SSSR count). The number of rotatable bonds is 14. The summed E-state index contributed by atoms with van der Waals surface area (Å²) in [6.45, 7) is 6.02. The van der Waals surface area contributed by atoms with E-state index >= 15 is 0 Å². The van der Waals surface area contributed by atoms with E-state index in [0.29, 0.717) is 0 Å². The first-order chi connectivity index (χ1) is 14.8. The minimum absolute atomic E-state index is 0.720. The standard InChI is InChI=1S/C27H37NO2/c1-3-5-7-9-10-12-19-29-23-14-15-24-22(21-23)13-17-26-25(24)16-18-27(28-26)30-20-11-8-6-4-2/h13-18,21H,3-12,19-20H2,1-2H3. The van der Waals surface area contributed by atoms with Crippen LogP contribution in [0.5, 0.6) is 11.6 Å². The first-order valence-electron chi connectivity index (χ1n) is 11.9. The fraction of sp³-hybridized carbons (Fsp3) is 0.519. The van der Waals surface area contributed by atoms with Gasteiger partial charge in [0.15, 0.2) is 0 Å². The molecule has 0 atom stereocenters. The number of hydrogen-bond acceptors (Lipinski definition) is 3. The van der Waals surface area contributed by atoms with Crippen molar-refractivity contribution >= 4 is 21.7 Å². The molecule has 2 aromatic carbocycles. The van der Waals surface area contributed by atoms with Gasteiger partial charge in [0.25, 0.3) is 0 Å². The first-order valence-corrected chi connectivity index (χ1v) is 11.9. The Morgan fingerprint density at radius 1 is 0.633 bits per heavy atom. The van der Waals surface area contributed by atoms with Gasteiger partial charge in [-0.15, -0.1) is 0 Å². The molecule has 0 N–H and O–H groups in total. The van der Waals surface area contributed by atoms with E-state index in [2.05, 4.69) is 50.2 Å². The van der Waals surface area contributed by atoms with Gasteiger partial charge in [-0.1, -0.05) is 77.3 Å². The molecule has 0 saturated carbocycles. The van der Waals surface area contributed by atoms with Gasteiger partial charge in [0, 0.05) is 11.5 Å². The van der Waals surface area contributed by atoms with Crippen LogP contribution in [0.2, 0.25) is 0 Å². The molecule has 0 amide bonds. The van der Waals surface area contributed by atoms with Crippen LogP contribution in [0.15, 0.2) is 42.5 Å². The topological polar surface area (TPSA) is 31.4 Å². The Morgan fingerprint density at radius 3 is 2.10 bits per heavy atom. The van der Waals surface area contributed by atoms with E-state index in [9.17, 15) is 0 Å². The molecule has 30 heavy (non-hydrogen) atoms. The number of fused-ring (bicyclic) bond motifs is 3. The van der Waals surface area contributed by atoms with Gasteiger partial charge in [0.1, 0.15) is 5.75 Å². The summed E-state index contributed by atoms with van der Waals surface area (Å²) in [5, 5.41) is 3.56. The van der Waals surface area contributed by atoms with Crippen molar-refractivity contribution in [3.05, 3.63) is 42.5 Å². The van der Waals surface area contributed by atoms with Crippen LogP contribution >= 0.6 is 0 Å². The Bertz CT molecular complexity index is 906. The summed E-state index contributed by atoms with van der Waals surface area (Å²) >= 11 is 0. The number of unbranched alkanes of at least 4 members (excludes halogenated alkanes) is 8. The van der Waals surface area contributed by atoms with Crippen LogP contribution in [0.1, 0.15) is 78.1 Å². The van der Waals surface area contributed by atoms with Crippen LogP contribution in [-0.2, 0) is 0 Å². The summed E-state index contributed by atoms with van der Waals surface area (Å²) in [5.74, 6) is 1.67. The third-order valence-electron chi connectivity index (χ3n) is 5.65. The molecule has 0 bridgehead atoms. The minimum Gasteiger partial charge on any atom is -0.494 e. The lowest BCUT2D eigenvalue weighted by molar-refractivity contribution is 0.295. The Morgan fingerprint density at radius 2 is 1.30 bits per heavy atom. The second-order valence-corrected chi connectivity index (χ2v) is 8.19. The Balaban J connectivity index is 1.57. The average molecular weight is 408 g/mol. The maximum Gasteiger partial charge on any atom is 0.213 e. The minimum atomic E-state index is 0.720. The fourth-order valence-corrected chi connectivity index (χ4v) is 3.85. The summed E-state index contributed by atoms with van der Waals surface area (Å²) < 4.78 is 11.8. The Hall–Kier alpha value is -2.29. The molecule has 0 aliphatic heterocycles. The van der Waals surface area contributed by atoms with Gasteiger partial charge >= 0.3 is 0 Å². The van der Waals surface area contributed by atoms with E-state index in [-0.39, 0.29) is 0 Å². The zero-order valence-corrected chi connectivity index (χ0v) is 18.8. The van der Waals surface area contributed by atoms with Gasteiger partial charge in [0.05, 0.1) is 18.7 Å². The van der Waals surface area contributed by atoms with Crippen molar-refractivity contribution in [2.24, 2.45) is 0 Å². The van der Waals surface area contributed by atoms with Crippen LogP contribution < -0.4 is 9.47 Å². The molecule has 0 fully saturated rings. The fourth-order valence-electron chi connectivity index (χ4n) is 3.85. The molecule has 3 heteroatoms. The molecule has 162 valence electrons. The molecule has 0 spiro atoms. The maximum atomic E-state index is 5.99. The second-order valence-electron chi connectivity index (χ2n) is 8.19. The lowest BCUT2D eigenvalue weighted by atomic mass is 10.0. The summed E-state index contributed by atoms with van der Waals surface area (Å²) in [6, 6.07) is 14.7. The summed E-state index contributed by atoms with van der Waals surface area (Å²) in [7, 11) is 0. The van der Waals surface area contributed by atoms with Crippen molar-refractivity contribution in [1.82, 2.24) is 4.98 Å². The maximum absolute atomic E-state index is 5.99. The highest BCUT2D eigenvalue weighted by molar-refractivity contribution is 6.06. The van der Waals surface area contributed by atoms with Gasteiger partial charge < -0.3 is 9.47 Å². The Kier molecular flexibility index (Phi) is 9.27. The van der Waals surface area contributed by atoms with Crippen LogP contribution in [0.3, 0.4) is 0 Å². The summed E-state index contributed by atoms with van der Waals surface area (Å²) in [4.78, 5) is 4.70. The molecule has 0 saturated heterocycles. The van der Waals surface area contributed by atoms with Gasteiger partial charge in [-0.25, -0.2) is 4.98 Å². The molecule has 0 aliphatic rings. The number of nitrogens with zero attached hydrogens (tertiary/aromatic N) is 1. The predicted octanol–water partition coefficient (Wildman–Crippen LogP) is 8.09. The van der Waals surface area contributed by atoms with Crippen molar-refractivity contribution in [1.29, 1.82) is 0 Å². The zero-order valence-electron chi connectivity index (χ0n) is 18.8. The number of aromatic nitrogens is 1. The molecular weight excluding hydrogens is 370 g/mol. The first kappa shape index (κ1) is 22.4. The number of hydrogen-bond donors (Lipinski definition) is 0. The van der Waals surface area contributed by atoms with E-state index < -0.39 is 0 Å². The van der Waals surface area contributed by atoms with E-state index in [1.807, 2.05) is 6.07 Å². The number of pyridine rings is 1. The van der Waals surface area contributed by atoms with E-state index in [1.165, 1.54) is 62.1 Å². The van der Waals surface area contributed by atoms with Crippen LogP contribution in [0, 0.1) is 0 Å². The highest BCUT2D eigenvalue weighted by Gasteiger charge is 2.06. The van der Waals surface area contributed by atoms with Gasteiger partial charge in [-0.2, -0.15) is 0 Å². The van der Waals surface area contributed by atoms with Crippen molar-refractivity contribution < 1.29 is 9.47 Å². The highest BCUT2D eigenvalue weighted by Crippen LogP contribution is 2.29. The largest absolute Gasteiger partial charge is 0.494 e. The highest BCUT2D eigenvalue weighted by atomic mass is 16.5. The third-order valence-corrected chi connectivity index (χ3v) is 5.65. The molecule has 0 radical (unpaired) electrons. The monoisotopic (exact) mass is 407 g/mol. The third kappa shape index (κ3) is 6.62. The smallest absolute Gasteiger partial charge is 0.213 e. The second kappa shape index (κ2) is 12.4. The SMILES string of the molecule is CCCCCCCCOc1ccc2c(ccc3nc(OCCCCCC)ccc32)c1. The normalized spacial score (nSPS) is 11.3. The van der Waals surface area contributed by atoms with Crippen molar-refractivity contribution in [2.45, 2.75) is 78.1 Å². The molecule has 3 nitrogen and oxygen atoms in total. The zero-order chi connectivity index (χ0) is 21.0. The summed E-state index contributed by atoms with van der Waals surface area (Å²) in [5.41, 5.74) is 0.981. The van der Waals surface area contributed by atoms with E-state index in [1.54, 1.807) is 0 Å². The lowest BCUT2D eigenvalue weighted by Crippen LogP contribution is -1.99. The molecule has 1 heterocycles. The average Bonchev–Trinajstić information content (AvgIpc) is 2.78. The molecule has 1 aromatic heterocycles.